The van der Waals surface area contributed by atoms with Crippen LogP contribution in [0.15, 0.2) is 0 Å². The molecule has 0 aromatic carbocycles. The predicted octanol–water partition coefficient (Wildman–Crippen LogP) is 1.53. The Bertz CT molecular complexity index is 182. The fourth-order valence-electron chi connectivity index (χ4n) is 2.51. The molecule has 3 heteroatoms. The van der Waals surface area contributed by atoms with E-state index in [0.717, 1.165) is 12.6 Å². The molecule has 2 atom stereocenters. The van der Waals surface area contributed by atoms with E-state index in [1.165, 1.54) is 45.2 Å². The predicted molar refractivity (Wildman–Crippen MR) is 70.6 cm³/mol. The van der Waals surface area contributed by atoms with Gasteiger partial charge in [0.25, 0.3) is 0 Å². The van der Waals surface area contributed by atoms with Crippen molar-refractivity contribution < 1.29 is 0 Å². The van der Waals surface area contributed by atoms with Crippen molar-refractivity contribution in [3.05, 3.63) is 0 Å². The minimum Gasteiger partial charge on any atom is -0.327 e. The van der Waals surface area contributed by atoms with Crippen LogP contribution in [0.5, 0.6) is 0 Å². The molecule has 2 N–H and O–H groups in total. The van der Waals surface area contributed by atoms with Crippen molar-refractivity contribution in [2.75, 3.05) is 33.7 Å². The standard InChI is InChI=1S/C13H29N3/c1-4-5-7-12(14)10-16-9-6-8-13(11-16)15(2)3/h12-13H,4-11,14H2,1-3H3. The van der Waals surface area contributed by atoms with Crippen molar-refractivity contribution in [3.63, 3.8) is 0 Å². The highest BCUT2D eigenvalue weighted by Crippen LogP contribution is 2.14. The number of hydrogen-bond acceptors (Lipinski definition) is 3. The molecular formula is C13H29N3. The summed E-state index contributed by atoms with van der Waals surface area (Å²) >= 11 is 0. The number of likely N-dealkylation sites (N-methyl/N-ethyl adjacent to an activating group) is 1. The highest BCUT2D eigenvalue weighted by atomic mass is 15.2. The van der Waals surface area contributed by atoms with Crippen LogP contribution in [0.3, 0.4) is 0 Å². The van der Waals surface area contributed by atoms with E-state index < -0.39 is 0 Å². The Hall–Kier alpha value is -0.120. The van der Waals surface area contributed by atoms with Crippen LogP contribution >= 0.6 is 0 Å². The van der Waals surface area contributed by atoms with E-state index in [1.807, 2.05) is 0 Å². The maximum atomic E-state index is 6.16. The van der Waals surface area contributed by atoms with Gasteiger partial charge in [-0.2, -0.15) is 0 Å². The highest BCUT2D eigenvalue weighted by Gasteiger charge is 2.22. The molecule has 0 spiro atoms. The van der Waals surface area contributed by atoms with Gasteiger partial charge in [-0.1, -0.05) is 19.8 Å². The summed E-state index contributed by atoms with van der Waals surface area (Å²) in [4.78, 5) is 4.90. The zero-order valence-electron chi connectivity index (χ0n) is 11.3. The third-order valence-corrected chi connectivity index (χ3v) is 3.63. The monoisotopic (exact) mass is 227 g/mol. The number of likely N-dealkylation sites (tertiary alicyclic amines) is 1. The first-order valence-electron chi connectivity index (χ1n) is 6.77. The summed E-state index contributed by atoms with van der Waals surface area (Å²) in [6.45, 7) is 5.76. The molecule has 1 heterocycles. The van der Waals surface area contributed by atoms with Crippen molar-refractivity contribution >= 4 is 0 Å². The molecule has 1 fully saturated rings. The largest absolute Gasteiger partial charge is 0.327 e. The second-order valence-electron chi connectivity index (χ2n) is 5.42. The van der Waals surface area contributed by atoms with Crippen molar-refractivity contribution in [2.24, 2.45) is 5.73 Å². The van der Waals surface area contributed by atoms with Crippen molar-refractivity contribution in [1.29, 1.82) is 0 Å². The van der Waals surface area contributed by atoms with Gasteiger partial charge in [0.05, 0.1) is 0 Å². The van der Waals surface area contributed by atoms with Crippen LogP contribution in [-0.2, 0) is 0 Å². The van der Waals surface area contributed by atoms with Crippen LogP contribution in [0.25, 0.3) is 0 Å². The second-order valence-corrected chi connectivity index (χ2v) is 5.42. The molecule has 0 bridgehead atoms. The van der Waals surface area contributed by atoms with E-state index in [1.54, 1.807) is 0 Å². The molecule has 1 rings (SSSR count). The molecule has 2 unspecified atom stereocenters. The van der Waals surface area contributed by atoms with E-state index >= 15 is 0 Å². The first-order chi connectivity index (χ1) is 7.63. The van der Waals surface area contributed by atoms with Crippen molar-refractivity contribution in [3.8, 4) is 0 Å². The Morgan fingerprint density at radius 2 is 2.19 bits per heavy atom. The summed E-state index contributed by atoms with van der Waals surface area (Å²) in [5, 5.41) is 0. The molecule has 96 valence electrons. The first-order valence-corrected chi connectivity index (χ1v) is 6.77. The normalized spacial score (nSPS) is 24.9. The Morgan fingerprint density at radius 3 is 2.81 bits per heavy atom. The van der Waals surface area contributed by atoms with Gasteiger partial charge in [-0.15, -0.1) is 0 Å². The van der Waals surface area contributed by atoms with Gasteiger partial charge >= 0.3 is 0 Å². The zero-order chi connectivity index (χ0) is 12.0. The number of hydrogen-bond donors (Lipinski definition) is 1. The van der Waals surface area contributed by atoms with Gasteiger partial charge in [-0.3, -0.25) is 0 Å². The van der Waals surface area contributed by atoms with Crippen LogP contribution in [0.2, 0.25) is 0 Å². The van der Waals surface area contributed by atoms with E-state index in [-0.39, 0.29) is 0 Å². The number of nitrogens with two attached hydrogens (primary N) is 1. The average molecular weight is 227 g/mol. The Balaban J connectivity index is 2.25. The van der Waals surface area contributed by atoms with Gasteiger partial charge in [0.1, 0.15) is 0 Å². The molecule has 1 aliphatic rings. The van der Waals surface area contributed by atoms with Crippen LogP contribution in [0.4, 0.5) is 0 Å². The Morgan fingerprint density at radius 1 is 1.44 bits per heavy atom. The zero-order valence-corrected chi connectivity index (χ0v) is 11.3. The lowest BCUT2D eigenvalue weighted by Crippen LogP contribution is -2.48. The van der Waals surface area contributed by atoms with Gasteiger partial charge in [0, 0.05) is 25.2 Å². The molecule has 1 aliphatic heterocycles. The van der Waals surface area contributed by atoms with Gasteiger partial charge < -0.3 is 15.5 Å². The van der Waals surface area contributed by atoms with Gasteiger partial charge in [-0.05, 0) is 39.9 Å². The second kappa shape index (κ2) is 7.25. The summed E-state index contributed by atoms with van der Waals surface area (Å²) in [7, 11) is 4.37. The molecule has 0 amide bonds. The molecule has 3 nitrogen and oxygen atoms in total. The minimum atomic E-state index is 0.376. The lowest BCUT2D eigenvalue weighted by Gasteiger charge is -2.37. The van der Waals surface area contributed by atoms with Crippen molar-refractivity contribution in [1.82, 2.24) is 9.80 Å². The smallest absolute Gasteiger partial charge is 0.0217 e. The van der Waals surface area contributed by atoms with Crippen LogP contribution < -0.4 is 5.73 Å². The molecule has 0 radical (unpaired) electrons. The lowest BCUT2D eigenvalue weighted by atomic mass is 10.0. The number of nitrogens with zero attached hydrogens (tertiary/aromatic N) is 2. The maximum absolute atomic E-state index is 6.16. The summed E-state index contributed by atoms with van der Waals surface area (Å²) in [5.41, 5.74) is 6.16. The van der Waals surface area contributed by atoms with E-state index in [9.17, 15) is 0 Å². The molecule has 1 saturated heterocycles. The molecular weight excluding hydrogens is 198 g/mol. The SMILES string of the molecule is CCCCC(N)CN1CCCC(N(C)C)C1. The fraction of sp³-hybridized carbons (Fsp3) is 1.00. The molecule has 0 aromatic rings. The van der Waals surface area contributed by atoms with Gasteiger partial charge in [0.2, 0.25) is 0 Å². The molecule has 0 saturated carbocycles. The average Bonchev–Trinajstić information content (AvgIpc) is 2.26. The van der Waals surface area contributed by atoms with E-state index in [0.29, 0.717) is 6.04 Å². The highest BCUT2D eigenvalue weighted by molar-refractivity contribution is 4.80. The molecule has 0 aromatic heterocycles. The third kappa shape index (κ3) is 4.81. The first kappa shape index (κ1) is 13.9. The van der Waals surface area contributed by atoms with Crippen LogP contribution in [-0.4, -0.2) is 55.6 Å². The molecule has 0 aliphatic carbocycles. The molecule has 16 heavy (non-hydrogen) atoms. The van der Waals surface area contributed by atoms with Gasteiger partial charge in [0.15, 0.2) is 0 Å². The van der Waals surface area contributed by atoms with Gasteiger partial charge in [-0.25, -0.2) is 0 Å². The summed E-state index contributed by atoms with van der Waals surface area (Å²) < 4.78 is 0. The van der Waals surface area contributed by atoms with Crippen molar-refractivity contribution in [2.45, 2.75) is 51.1 Å². The summed E-state index contributed by atoms with van der Waals surface area (Å²) in [5.74, 6) is 0. The minimum absolute atomic E-state index is 0.376. The van der Waals surface area contributed by atoms with E-state index in [4.69, 9.17) is 5.73 Å². The van der Waals surface area contributed by atoms with Crippen LogP contribution in [0, 0.1) is 0 Å². The quantitative estimate of drug-likeness (QED) is 0.747. The van der Waals surface area contributed by atoms with E-state index in [2.05, 4.69) is 30.8 Å². The number of unbranched alkanes of at least 4 members (excludes halogenated alkanes) is 1. The van der Waals surface area contributed by atoms with Crippen LogP contribution in [0.1, 0.15) is 39.0 Å². The third-order valence-electron chi connectivity index (χ3n) is 3.63. The number of rotatable bonds is 6. The Kier molecular flexibility index (Phi) is 6.32. The topological polar surface area (TPSA) is 32.5 Å². The summed E-state index contributed by atoms with van der Waals surface area (Å²) in [6, 6.07) is 1.10. The fourth-order valence-corrected chi connectivity index (χ4v) is 2.51. The number of piperidine rings is 1. The maximum Gasteiger partial charge on any atom is 0.0217 e. The summed E-state index contributed by atoms with van der Waals surface area (Å²) in [6.07, 6.45) is 6.37. The Labute approximate surface area is 101 Å². The lowest BCUT2D eigenvalue weighted by molar-refractivity contribution is 0.126.